The molecule has 0 aromatic heterocycles. The molecule has 0 aliphatic carbocycles. The number of hydroxylamine groups is 1. The Morgan fingerprint density at radius 3 is 2.56 bits per heavy atom. The van der Waals surface area contributed by atoms with Crippen molar-refractivity contribution in [3.05, 3.63) is 5.21 Å². The summed E-state index contributed by atoms with van der Waals surface area (Å²) in [4.78, 5) is 0. The van der Waals surface area contributed by atoms with Gasteiger partial charge in [0.25, 0.3) is 0 Å². The van der Waals surface area contributed by atoms with Gasteiger partial charge in [-0.15, -0.1) is 0 Å². The number of rotatable bonds is 6. The molecule has 0 aromatic carbocycles. The van der Waals surface area contributed by atoms with Crippen molar-refractivity contribution in [1.82, 2.24) is 0 Å². The van der Waals surface area contributed by atoms with Gasteiger partial charge in [0.15, 0.2) is 0 Å². The molecule has 0 amide bonds. The Bertz CT molecular complexity index is 49.8. The molecule has 0 aliphatic heterocycles. The first-order chi connectivity index (χ1) is 4.41. The van der Waals surface area contributed by atoms with Crippen molar-refractivity contribution in [3.63, 3.8) is 0 Å². The predicted octanol–water partition coefficient (Wildman–Crippen LogP) is -0.612. The maximum absolute atomic E-state index is 9.79. The van der Waals surface area contributed by atoms with Crippen LogP contribution in [-0.4, -0.2) is 24.6 Å². The summed E-state index contributed by atoms with van der Waals surface area (Å²) in [5, 5.41) is 9.79. The molecular weight excluding hydrogens is 156 g/mol. The smallest absolute Gasteiger partial charge is 0.0853 e. The molecule has 0 rings (SSSR count). The van der Waals surface area contributed by atoms with E-state index in [1.54, 1.807) is 21.6 Å². The van der Waals surface area contributed by atoms with E-state index in [-0.39, 0.29) is 0 Å². The zero-order chi connectivity index (χ0) is 6.95. The summed E-state index contributed by atoms with van der Waals surface area (Å²) in [7, 11) is 3.43. The number of quaternary nitrogens is 1. The maximum Gasteiger partial charge on any atom is 0.0853 e. The molecule has 0 bridgehead atoms. The minimum Gasteiger partial charge on any atom is -0.636 e. The van der Waals surface area contributed by atoms with Gasteiger partial charge >= 0.3 is 0 Å². The van der Waals surface area contributed by atoms with Crippen molar-refractivity contribution in [2.24, 2.45) is 5.73 Å². The highest BCUT2D eigenvalue weighted by atomic mass is 33.1. The van der Waals surface area contributed by atoms with Gasteiger partial charge in [0.05, 0.1) is 12.3 Å². The minimum absolute atomic E-state index is 0.655. The van der Waals surface area contributed by atoms with Crippen molar-refractivity contribution in [3.8, 4) is 0 Å². The van der Waals surface area contributed by atoms with E-state index < -0.39 is 0 Å². The van der Waals surface area contributed by atoms with Crippen LogP contribution in [0.1, 0.15) is 0 Å². The molecule has 4 N–H and O–H groups in total. The second kappa shape index (κ2) is 8.58. The van der Waals surface area contributed by atoms with Crippen LogP contribution in [0.15, 0.2) is 0 Å². The van der Waals surface area contributed by atoms with Crippen molar-refractivity contribution in [2.45, 2.75) is 0 Å². The summed E-state index contributed by atoms with van der Waals surface area (Å²) in [6.45, 7) is 1.38. The fraction of sp³-hybridized carbons (Fsp3) is 1.00. The van der Waals surface area contributed by atoms with E-state index >= 15 is 0 Å². The zero-order valence-electron chi connectivity index (χ0n) is 5.21. The summed E-state index contributed by atoms with van der Waals surface area (Å²) in [5.41, 5.74) is 6.18. The Morgan fingerprint density at radius 2 is 2.00 bits per heavy atom. The molecule has 56 valence electrons. The highest BCUT2D eigenvalue weighted by molar-refractivity contribution is 8.76. The Labute approximate surface area is 63.1 Å². The van der Waals surface area contributed by atoms with Crippen LogP contribution in [0.4, 0.5) is 0 Å². The van der Waals surface area contributed by atoms with Crippen LogP contribution in [0.25, 0.3) is 0 Å². The SMILES string of the molecule is NCCSSCC[NH2+][O-]. The summed E-state index contributed by atoms with van der Waals surface area (Å²) < 4.78 is 0. The van der Waals surface area contributed by atoms with E-state index in [9.17, 15) is 5.21 Å². The monoisotopic (exact) mass is 168 g/mol. The van der Waals surface area contributed by atoms with Crippen molar-refractivity contribution >= 4 is 21.6 Å². The van der Waals surface area contributed by atoms with Crippen LogP contribution < -0.4 is 11.2 Å². The van der Waals surface area contributed by atoms with Gasteiger partial charge in [-0.2, -0.15) is 0 Å². The second-order valence-corrected chi connectivity index (χ2v) is 4.09. The molecule has 0 aromatic rings. The van der Waals surface area contributed by atoms with Crippen molar-refractivity contribution in [2.75, 3.05) is 24.6 Å². The topological polar surface area (TPSA) is 65.7 Å². The van der Waals surface area contributed by atoms with Gasteiger partial charge in [0, 0.05) is 12.3 Å². The third-order valence-electron chi connectivity index (χ3n) is 0.604. The van der Waals surface area contributed by atoms with Crippen LogP contribution in [0.3, 0.4) is 0 Å². The average Bonchev–Trinajstić information content (AvgIpc) is 1.89. The average molecular weight is 168 g/mol. The van der Waals surface area contributed by atoms with E-state index in [0.29, 0.717) is 6.54 Å². The lowest BCUT2D eigenvalue weighted by Gasteiger charge is -1.99. The predicted molar refractivity (Wildman–Crippen MR) is 44.1 cm³/mol. The molecule has 0 atom stereocenters. The molecule has 9 heavy (non-hydrogen) atoms. The fourth-order valence-electron chi connectivity index (χ4n) is 0.262. The van der Waals surface area contributed by atoms with Gasteiger partial charge in [0.2, 0.25) is 0 Å². The van der Waals surface area contributed by atoms with E-state index in [0.717, 1.165) is 23.5 Å². The van der Waals surface area contributed by atoms with Crippen LogP contribution in [0.5, 0.6) is 0 Å². The molecule has 0 aliphatic rings. The first-order valence-corrected chi connectivity index (χ1v) is 5.28. The lowest BCUT2D eigenvalue weighted by molar-refractivity contribution is -0.583. The minimum atomic E-state index is 0.655. The van der Waals surface area contributed by atoms with Gasteiger partial charge in [-0.05, 0) is 0 Å². The number of hydrogen-bond donors (Lipinski definition) is 2. The number of hydrogen-bond acceptors (Lipinski definition) is 4. The van der Waals surface area contributed by atoms with Crippen LogP contribution in [-0.2, 0) is 0 Å². The van der Waals surface area contributed by atoms with Crippen molar-refractivity contribution in [1.29, 1.82) is 0 Å². The lowest BCUT2D eigenvalue weighted by Crippen LogP contribution is -2.78. The standard InChI is InChI=1S/C4H12N2OS2/c5-1-3-8-9-4-2-6-7/h1-6H2. The first kappa shape index (κ1) is 9.58. The van der Waals surface area contributed by atoms with Crippen LogP contribution >= 0.6 is 21.6 Å². The zero-order valence-corrected chi connectivity index (χ0v) is 6.84. The summed E-state index contributed by atoms with van der Waals surface area (Å²) >= 11 is 0. The molecule has 0 heterocycles. The van der Waals surface area contributed by atoms with E-state index in [4.69, 9.17) is 5.73 Å². The lowest BCUT2D eigenvalue weighted by atomic mass is 10.8. The quantitative estimate of drug-likeness (QED) is 0.315. The van der Waals surface area contributed by atoms with Crippen molar-refractivity contribution < 1.29 is 5.48 Å². The molecule has 0 radical (unpaired) electrons. The third kappa shape index (κ3) is 8.58. The highest BCUT2D eigenvalue weighted by Gasteiger charge is 1.86. The van der Waals surface area contributed by atoms with Gasteiger partial charge in [-0.1, -0.05) is 21.6 Å². The second-order valence-electron chi connectivity index (χ2n) is 1.39. The van der Waals surface area contributed by atoms with Gasteiger partial charge in [0.1, 0.15) is 0 Å². The largest absolute Gasteiger partial charge is 0.636 e. The van der Waals surface area contributed by atoms with Gasteiger partial charge < -0.3 is 16.4 Å². The molecule has 0 fully saturated rings. The molecule has 0 saturated carbocycles. The molecule has 0 unspecified atom stereocenters. The van der Waals surface area contributed by atoms with E-state index in [2.05, 4.69) is 0 Å². The molecule has 5 heteroatoms. The maximum atomic E-state index is 9.79. The first-order valence-electron chi connectivity index (χ1n) is 2.80. The van der Waals surface area contributed by atoms with E-state index in [1.807, 2.05) is 0 Å². The normalized spacial score (nSPS) is 10.0. The summed E-state index contributed by atoms with van der Waals surface area (Å²) in [6.07, 6.45) is 0. The van der Waals surface area contributed by atoms with E-state index in [1.165, 1.54) is 0 Å². The molecular formula is C4H12N2OS2. The number of nitrogens with two attached hydrogens (primary N) is 2. The van der Waals surface area contributed by atoms with Crippen LogP contribution in [0, 0.1) is 5.21 Å². The Balaban J connectivity index is 2.60. The molecule has 0 spiro atoms. The summed E-state index contributed by atoms with van der Waals surface area (Å²) in [6, 6.07) is 0. The fourth-order valence-corrected chi connectivity index (χ4v) is 2.07. The third-order valence-corrected chi connectivity index (χ3v) is 3.07. The molecule has 3 nitrogen and oxygen atoms in total. The van der Waals surface area contributed by atoms with Crippen LogP contribution in [0.2, 0.25) is 0 Å². The highest BCUT2D eigenvalue weighted by Crippen LogP contribution is 2.18. The summed E-state index contributed by atoms with van der Waals surface area (Å²) in [5.74, 6) is 1.89. The molecule has 0 saturated heterocycles. The van der Waals surface area contributed by atoms with Gasteiger partial charge in [-0.25, -0.2) is 0 Å². The Morgan fingerprint density at radius 1 is 1.33 bits per heavy atom. The Hall–Kier alpha value is 0.580. The van der Waals surface area contributed by atoms with Gasteiger partial charge in [-0.3, -0.25) is 0 Å². The Kier molecular flexibility index (Phi) is 9.13.